The van der Waals surface area contributed by atoms with Crippen molar-refractivity contribution in [3.63, 3.8) is 0 Å². The van der Waals surface area contributed by atoms with E-state index < -0.39 is 5.41 Å². The maximum Gasteiger partial charge on any atom is 0.132 e. The van der Waals surface area contributed by atoms with Crippen LogP contribution >= 0.6 is 0 Å². The maximum absolute atomic E-state index is 6.71. The van der Waals surface area contributed by atoms with Crippen LogP contribution in [0.15, 0.2) is 206 Å². The Labute approximate surface area is 330 Å². The van der Waals surface area contributed by atoms with Crippen LogP contribution in [0.1, 0.15) is 22.3 Å². The van der Waals surface area contributed by atoms with Crippen LogP contribution in [-0.4, -0.2) is 9.61 Å². The summed E-state index contributed by atoms with van der Waals surface area (Å²) in [6, 6.07) is 72.1. The molecule has 3 nitrogen and oxygen atoms in total. The first kappa shape index (κ1) is 31.8. The Morgan fingerprint density at radius 2 is 0.930 bits per heavy atom. The highest BCUT2D eigenvalue weighted by atomic mass is 16.5. The van der Waals surface area contributed by atoms with Crippen LogP contribution in [0.5, 0.6) is 11.5 Å². The minimum Gasteiger partial charge on any atom is -0.457 e. The summed E-state index contributed by atoms with van der Waals surface area (Å²) >= 11 is 0. The molecule has 10 aromatic rings. The zero-order valence-corrected chi connectivity index (χ0v) is 30.9. The quantitative estimate of drug-likeness (QED) is 0.181. The number of hydrogen-bond donors (Lipinski definition) is 0. The average molecular weight is 727 g/mol. The van der Waals surface area contributed by atoms with Gasteiger partial charge in [-0.2, -0.15) is 5.10 Å². The molecule has 0 atom stereocenters. The number of nitrogens with zero attached hydrogens (tertiary/aromatic N) is 2. The summed E-state index contributed by atoms with van der Waals surface area (Å²) in [7, 11) is 0. The summed E-state index contributed by atoms with van der Waals surface area (Å²) < 4.78 is 8.87. The van der Waals surface area contributed by atoms with Crippen LogP contribution in [0.4, 0.5) is 0 Å². The van der Waals surface area contributed by atoms with Crippen molar-refractivity contribution >= 4 is 16.3 Å². The molecule has 0 saturated carbocycles. The third kappa shape index (κ3) is 4.51. The van der Waals surface area contributed by atoms with Gasteiger partial charge >= 0.3 is 0 Å². The Balaban J connectivity index is 1.05. The van der Waals surface area contributed by atoms with Crippen molar-refractivity contribution < 1.29 is 4.74 Å². The van der Waals surface area contributed by atoms with E-state index in [2.05, 4.69) is 205 Å². The number of ether oxygens (including phenoxy) is 1. The molecule has 57 heavy (non-hydrogen) atoms. The number of fused-ring (bicyclic) bond motifs is 12. The van der Waals surface area contributed by atoms with Gasteiger partial charge < -0.3 is 4.74 Å². The molecule has 0 bridgehead atoms. The second-order valence-corrected chi connectivity index (χ2v) is 15.0. The standard InChI is InChI=1S/C54H34N2O/c1-3-15-36(16-4-1)44-34-55-56-52(38-17-5-2-6-18-38)51(42-21-7-8-22-43(42)53(44)56)37-29-27-35(28-30-37)39-31-32-50-48(33-39)54(47-25-13-14-26-49(47)57-50)45-23-11-9-19-40(45)41-20-10-12-24-46(41)54/h1-34H. The minimum absolute atomic E-state index is 0.505. The normalized spacial score (nSPS) is 13.2. The van der Waals surface area contributed by atoms with Crippen LogP contribution in [0.3, 0.4) is 0 Å². The molecule has 0 radical (unpaired) electrons. The van der Waals surface area contributed by atoms with Gasteiger partial charge in [0.1, 0.15) is 11.5 Å². The van der Waals surface area contributed by atoms with Crippen molar-refractivity contribution in [1.29, 1.82) is 0 Å². The fraction of sp³-hybridized carbons (Fsp3) is 0.0185. The Morgan fingerprint density at radius 3 is 1.65 bits per heavy atom. The van der Waals surface area contributed by atoms with Crippen LogP contribution in [0, 0.1) is 0 Å². The van der Waals surface area contributed by atoms with Crippen LogP contribution in [0.25, 0.3) is 72.1 Å². The number of rotatable bonds is 4. The van der Waals surface area contributed by atoms with Crippen LogP contribution in [0.2, 0.25) is 0 Å². The average Bonchev–Trinajstić information content (AvgIpc) is 3.86. The molecule has 1 spiro atoms. The highest BCUT2D eigenvalue weighted by Gasteiger charge is 2.51. The lowest BCUT2D eigenvalue weighted by atomic mass is 9.66. The molecule has 1 aliphatic carbocycles. The molecule has 1 aliphatic heterocycles. The van der Waals surface area contributed by atoms with E-state index in [1.54, 1.807) is 0 Å². The molecular formula is C54H34N2O. The topological polar surface area (TPSA) is 26.5 Å². The highest BCUT2D eigenvalue weighted by molar-refractivity contribution is 6.13. The van der Waals surface area contributed by atoms with Gasteiger partial charge in [0, 0.05) is 33.2 Å². The van der Waals surface area contributed by atoms with E-state index in [1.165, 1.54) is 38.6 Å². The first-order chi connectivity index (χ1) is 28.3. The second-order valence-electron chi connectivity index (χ2n) is 15.0. The van der Waals surface area contributed by atoms with Crippen LogP contribution < -0.4 is 4.74 Å². The number of benzene rings is 8. The zero-order chi connectivity index (χ0) is 37.5. The smallest absolute Gasteiger partial charge is 0.132 e. The van der Waals surface area contributed by atoms with E-state index in [9.17, 15) is 0 Å². The maximum atomic E-state index is 6.71. The van der Waals surface area contributed by atoms with Gasteiger partial charge in [0.15, 0.2) is 0 Å². The van der Waals surface area contributed by atoms with E-state index >= 15 is 0 Å². The van der Waals surface area contributed by atoms with E-state index in [1.807, 2.05) is 6.20 Å². The van der Waals surface area contributed by atoms with E-state index in [0.29, 0.717) is 0 Å². The van der Waals surface area contributed by atoms with Gasteiger partial charge in [0.05, 0.1) is 22.8 Å². The fourth-order valence-corrected chi connectivity index (χ4v) is 9.77. The molecule has 2 aliphatic rings. The molecule has 0 saturated heterocycles. The number of aromatic nitrogens is 2. The second kappa shape index (κ2) is 12.3. The SMILES string of the molecule is c1ccc(-c2cnn3c(-c4ccccc4)c(-c4ccc(-c5ccc6c(c5)C5(c7ccccc7O6)c6ccccc6-c6ccccc65)cc4)c4ccccc4c23)cc1. The lowest BCUT2D eigenvalue weighted by Crippen LogP contribution is -2.32. The Kier molecular flexibility index (Phi) is 6.84. The predicted molar refractivity (Wildman–Crippen MR) is 232 cm³/mol. The monoisotopic (exact) mass is 726 g/mol. The number of hydrogen-bond acceptors (Lipinski definition) is 2. The molecular weight excluding hydrogens is 693 g/mol. The van der Waals surface area contributed by atoms with Gasteiger partial charge in [0.25, 0.3) is 0 Å². The summed E-state index contributed by atoms with van der Waals surface area (Å²) in [5.41, 5.74) is 17.1. The molecule has 266 valence electrons. The van der Waals surface area contributed by atoms with E-state index in [4.69, 9.17) is 9.84 Å². The van der Waals surface area contributed by atoms with Gasteiger partial charge in [-0.3, -0.25) is 0 Å². The Bertz CT molecular complexity index is 3150. The van der Waals surface area contributed by atoms with E-state index in [-0.39, 0.29) is 0 Å². The predicted octanol–water partition coefficient (Wildman–Crippen LogP) is 13.6. The largest absolute Gasteiger partial charge is 0.457 e. The van der Waals surface area contributed by atoms with Gasteiger partial charge in [-0.25, -0.2) is 4.52 Å². The van der Waals surface area contributed by atoms with E-state index in [0.717, 1.165) is 67.2 Å². The van der Waals surface area contributed by atoms with Crippen molar-refractivity contribution in [2.45, 2.75) is 5.41 Å². The highest BCUT2D eigenvalue weighted by Crippen LogP contribution is 2.62. The lowest BCUT2D eigenvalue weighted by Gasteiger charge is -2.39. The summed E-state index contributed by atoms with van der Waals surface area (Å²) in [4.78, 5) is 0. The zero-order valence-electron chi connectivity index (χ0n) is 30.9. The molecule has 12 rings (SSSR count). The van der Waals surface area contributed by atoms with Crippen molar-refractivity contribution in [3.05, 3.63) is 229 Å². The van der Waals surface area contributed by atoms with Crippen molar-refractivity contribution in [1.82, 2.24) is 9.61 Å². The Morgan fingerprint density at radius 1 is 0.386 bits per heavy atom. The molecule has 3 heteroatoms. The van der Waals surface area contributed by atoms with Crippen molar-refractivity contribution in [3.8, 4) is 67.3 Å². The van der Waals surface area contributed by atoms with Gasteiger partial charge in [0.2, 0.25) is 0 Å². The minimum atomic E-state index is -0.505. The summed E-state index contributed by atoms with van der Waals surface area (Å²) in [6.07, 6.45) is 2.02. The molecule has 3 heterocycles. The third-order valence-electron chi connectivity index (χ3n) is 12.2. The molecule has 0 amide bonds. The number of para-hydroxylation sites is 1. The van der Waals surface area contributed by atoms with Crippen molar-refractivity contribution in [2.75, 3.05) is 0 Å². The molecule has 2 aromatic heterocycles. The van der Waals surface area contributed by atoms with Crippen molar-refractivity contribution in [2.24, 2.45) is 0 Å². The summed E-state index contributed by atoms with van der Waals surface area (Å²) in [5.74, 6) is 1.79. The number of pyridine rings is 1. The summed E-state index contributed by atoms with van der Waals surface area (Å²) in [6.45, 7) is 0. The third-order valence-corrected chi connectivity index (χ3v) is 12.2. The van der Waals surface area contributed by atoms with Gasteiger partial charge in [-0.15, -0.1) is 0 Å². The molecule has 0 fully saturated rings. The first-order valence-corrected chi connectivity index (χ1v) is 19.5. The lowest BCUT2D eigenvalue weighted by molar-refractivity contribution is 0.436. The fourth-order valence-electron chi connectivity index (χ4n) is 9.77. The molecule has 0 N–H and O–H groups in total. The van der Waals surface area contributed by atoms with Gasteiger partial charge in [-0.05, 0) is 68.1 Å². The van der Waals surface area contributed by atoms with Crippen LogP contribution in [-0.2, 0) is 5.41 Å². The molecule has 8 aromatic carbocycles. The summed E-state index contributed by atoms with van der Waals surface area (Å²) in [5, 5.41) is 7.47. The first-order valence-electron chi connectivity index (χ1n) is 19.5. The Hall–Kier alpha value is -7.49. The van der Waals surface area contributed by atoms with Gasteiger partial charge in [-0.1, -0.05) is 182 Å². The molecule has 0 unspecified atom stereocenters.